The quantitative estimate of drug-likeness (QED) is 0.486. The third kappa shape index (κ3) is 4.09. The second kappa shape index (κ2) is 5.72. The van der Waals surface area contributed by atoms with Crippen LogP contribution >= 0.6 is 7.92 Å². The van der Waals surface area contributed by atoms with Gasteiger partial charge in [0.25, 0.3) is 0 Å². The molecule has 66 valence electrons. The van der Waals surface area contributed by atoms with Crippen LogP contribution in [0.1, 0.15) is 6.42 Å². The van der Waals surface area contributed by atoms with Crippen molar-refractivity contribution in [1.82, 2.24) is 0 Å². The molecule has 0 spiro atoms. The Morgan fingerprint density at radius 2 is 2.25 bits per heavy atom. The predicted octanol–water partition coefficient (Wildman–Crippen LogP) is -0.303. The molecule has 1 atom stereocenters. The van der Waals surface area contributed by atoms with Crippen LogP contribution in [-0.2, 0) is 18.9 Å². The number of ketones is 1. The molecule has 0 heterocycles. The summed E-state index contributed by atoms with van der Waals surface area (Å²) in [5, 5.41) is 0. The first-order valence-corrected chi connectivity index (χ1v) is 3.87. The van der Waals surface area contributed by atoms with Crippen molar-refractivity contribution in [2.45, 2.75) is 12.5 Å². The molecular weight excluding hydrogens is 181 g/mol. The third-order valence-electron chi connectivity index (χ3n) is 1.08. The summed E-state index contributed by atoms with van der Waals surface area (Å²) >= 11 is 0. The molecule has 0 aliphatic heterocycles. The first-order valence-electron chi connectivity index (χ1n) is 3.06. The monoisotopic (exact) mass is 189 g/mol. The summed E-state index contributed by atoms with van der Waals surface area (Å²) in [7, 11) is 0.667. The Hall–Kier alpha value is -0.890. The zero-order valence-electron chi connectivity index (χ0n) is 6.44. The van der Waals surface area contributed by atoms with Crippen LogP contribution in [0.5, 0.6) is 0 Å². The topological polar surface area (TPSA) is 86.5 Å². The van der Waals surface area contributed by atoms with Gasteiger partial charge in [0.15, 0.2) is 0 Å². The van der Waals surface area contributed by atoms with Gasteiger partial charge in [-0.15, -0.1) is 0 Å². The number of hydrogen-bond donors (Lipinski definition) is 1. The van der Waals surface area contributed by atoms with Gasteiger partial charge >= 0.3 is 69.5 Å². The number of carbonyl (C=O) groups is 2. The number of nitrogens with two attached hydrogens (primary N) is 1. The fraction of sp³-hybridized carbons (Fsp3) is 0.500. The molecule has 0 aromatic carbocycles. The van der Waals surface area contributed by atoms with Crippen molar-refractivity contribution in [3.63, 3.8) is 0 Å². The Balaban J connectivity index is 4.06. The maximum atomic E-state index is 10.7. The van der Waals surface area contributed by atoms with Crippen LogP contribution in [0.25, 0.3) is 0 Å². The number of carbonyl (C=O) groups excluding carboxylic acids is 2. The third-order valence-corrected chi connectivity index (χ3v) is 1.42. The molecule has 6 heteroatoms. The molecule has 0 unspecified atom stereocenters. The van der Waals surface area contributed by atoms with Crippen molar-refractivity contribution in [3.8, 4) is 5.63 Å². The average molecular weight is 189 g/mol. The number of ether oxygens (including phenoxy) is 1. The van der Waals surface area contributed by atoms with Crippen molar-refractivity contribution in [3.05, 3.63) is 0 Å². The van der Waals surface area contributed by atoms with Gasteiger partial charge in [0.05, 0.1) is 0 Å². The van der Waals surface area contributed by atoms with Gasteiger partial charge in [-0.1, -0.05) is 0 Å². The van der Waals surface area contributed by atoms with Crippen LogP contribution in [0.3, 0.4) is 0 Å². The van der Waals surface area contributed by atoms with E-state index in [2.05, 4.69) is 4.74 Å². The standard InChI is InChI=1S/C6H8NO4P/c1-11-6(9)5(7)2-4(8)3-12-10/h5H,2,7H2,1H3/t5-/m1/s1. The van der Waals surface area contributed by atoms with Crippen LogP contribution in [0.4, 0.5) is 0 Å². The van der Waals surface area contributed by atoms with E-state index in [1.165, 1.54) is 7.11 Å². The number of esters is 1. The molecule has 2 N–H and O–H groups in total. The minimum atomic E-state index is -1.00. The van der Waals surface area contributed by atoms with Crippen molar-refractivity contribution in [2.75, 3.05) is 7.11 Å². The van der Waals surface area contributed by atoms with E-state index in [0.717, 1.165) is 0 Å². The first-order chi connectivity index (χ1) is 5.61. The summed E-state index contributed by atoms with van der Waals surface area (Å²) in [6, 6.07) is -1.00. The molecule has 0 bridgehead atoms. The Bertz CT molecular complexity index is 281. The molecular formula is C6H8NO4P. The van der Waals surface area contributed by atoms with Gasteiger partial charge < -0.3 is 0 Å². The average Bonchev–Trinajstić information content (AvgIpc) is 2.03. The molecule has 5 nitrogen and oxygen atoms in total. The van der Waals surface area contributed by atoms with Crippen LogP contribution < -0.4 is 5.73 Å². The van der Waals surface area contributed by atoms with E-state index < -0.39 is 25.7 Å². The zero-order valence-corrected chi connectivity index (χ0v) is 7.34. The molecule has 0 aliphatic carbocycles. The maximum absolute atomic E-state index is 10.7. The van der Waals surface area contributed by atoms with Gasteiger partial charge in [-0.25, -0.2) is 0 Å². The second-order valence-electron chi connectivity index (χ2n) is 1.96. The Labute approximate surface area is 70.4 Å². The van der Waals surface area contributed by atoms with Crippen molar-refractivity contribution in [2.24, 2.45) is 5.73 Å². The van der Waals surface area contributed by atoms with Crippen LogP contribution in [-0.4, -0.2) is 24.9 Å². The van der Waals surface area contributed by atoms with Crippen LogP contribution in [0.15, 0.2) is 0 Å². The van der Waals surface area contributed by atoms with E-state index >= 15 is 0 Å². The number of hydrogen-bond acceptors (Lipinski definition) is 5. The molecule has 12 heavy (non-hydrogen) atoms. The number of rotatable bonds is 3. The van der Waals surface area contributed by atoms with E-state index in [0.29, 0.717) is 0 Å². The van der Waals surface area contributed by atoms with Crippen LogP contribution in [0.2, 0.25) is 0 Å². The van der Waals surface area contributed by atoms with E-state index in [-0.39, 0.29) is 6.42 Å². The summed E-state index contributed by atoms with van der Waals surface area (Å²) < 4.78 is 14.1. The minimum absolute atomic E-state index is 0.234. The van der Waals surface area contributed by atoms with E-state index in [9.17, 15) is 14.2 Å². The fourth-order valence-corrected chi connectivity index (χ4v) is 0.724. The van der Waals surface area contributed by atoms with E-state index in [1.807, 2.05) is 5.63 Å². The molecule has 0 fully saturated rings. The summed E-state index contributed by atoms with van der Waals surface area (Å²) in [6.45, 7) is 0. The SMILES string of the molecule is COC(=O)[C@H](N)CC(=O)C#P=O. The number of Topliss-reactive ketones (excluding diaryl/α,β-unsaturated/α-hetero) is 1. The van der Waals surface area contributed by atoms with Gasteiger partial charge in [0.2, 0.25) is 0 Å². The Morgan fingerprint density at radius 3 is 2.67 bits per heavy atom. The van der Waals surface area contributed by atoms with Crippen molar-refractivity contribution >= 4 is 19.7 Å². The fourth-order valence-electron chi connectivity index (χ4n) is 0.531. The summed E-state index contributed by atoms with van der Waals surface area (Å²) in [6.07, 6.45) is -0.234. The van der Waals surface area contributed by atoms with Crippen molar-refractivity contribution in [1.29, 1.82) is 0 Å². The van der Waals surface area contributed by atoms with Gasteiger partial charge in [0, 0.05) is 0 Å². The normalized spacial score (nSPS) is 11.2. The molecule has 0 aromatic rings. The zero-order chi connectivity index (χ0) is 9.56. The number of methoxy groups -OCH3 is 1. The first kappa shape index (κ1) is 11.1. The summed E-state index contributed by atoms with van der Waals surface area (Å²) in [5.41, 5.74) is 7.16. The summed E-state index contributed by atoms with van der Waals surface area (Å²) in [5.74, 6) is -1.24. The Morgan fingerprint density at radius 1 is 1.67 bits per heavy atom. The van der Waals surface area contributed by atoms with Gasteiger partial charge in [-0.3, -0.25) is 0 Å². The van der Waals surface area contributed by atoms with E-state index in [1.54, 1.807) is 0 Å². The molecule has 0 saturated carbocycles. The predicted molar refractivity (Wildman–Crippen MR) is 41.1 cm³/mol. The van der Waals surface area contributed by atoms with Gasteiger partial charge in [-0.05, 0) is 0 Å². The Kier molecular flexibility index (Phi) is 5.30. The molecule has 0 radical (unpaired) electrons. The van der Waals surface area contributed by atoms with E-state index in [4.69, 9.17) is 5.73 Å². The molecule has 0 amide bonds. The van der Waals surface area contributed by atoms with Gasteiger partial charge in [-0.2, -0.15) is 0 Å². The molecule has 0 aromatic heterocycles. The van der Waals surface area contributed by atoms with Crippen molar-refractivity contribution < 1.29 is 18.9 Å². The van der Waals surface area contributed by atoms with Crippen LogP contribution in [0, 0.1) is 5.63 Å². The molecule has 0 aliphatic rings. The second-order valence-corrected chi connectivity index (χ2v) is 2.37. The van der Waals surface area contributed by atoms with Gasteiger partial charge in [0.1, 0.15) is 0 Å². The molecule has 0 rings (SSSR count). The molecule has 0 saturated heterocycles. The summed E-state index contributed by atoms with van der Waals surface area (Å²) in [4.78, 5) is 21.3.